The summed E-state index contributed by atoms with van der Waals surface area (Å²) in [6, 6.07) is 2.16. The minimum absolute atomic E-state index is 0.0174. The lowest BCUT2D eigenvalue weighted by molar-refractivity contribution is -0.119. The van der Waals surface area contributed by atoms with Crippen molar-refractivity contribution in [1.82, 2.24) is 15.5 Å². The number of hydrogen-bond donors (Lipinski definition) is 1. The van der Waals surface area contributed by atoms with E-state index in [0.29, 0.717) is 17.7 Å². The number of thioether (sulfide) groups is 1. The van der Waals surface area contributed by atoms with Gasteiger partial charge >= 0.3 is 0 Å². The van der Waals surface area contributed by atoms with Gasteiger partial charge in [-0.1, -0.05) is 18.7 Å². The number of hydrogen-bond acceptors (Lipinski definition) is 7. The maximum atomic E-state index is 11.9. The Hall–Kier alpha value is -1.38. The smallest absolute Gasteiger partial charge is 0.277 e. The fraction of sp³-hybridized carbons (Fsp3) is 0.588. The van der Waals surface area contributed by atoms with Crippen molar-refractivity contribution in [3.63, 3.8) is 0 Å². The molecular formula is C17H23N3O3S2. The van der Waals surface area contributed by atoms with Crippen molar-refractivity contribution in [2.75, 3.05) is 19.5 Å². The van der Waals surface area contributed by atoms with E-state index in [4.69, 9.17) is 9.15 Å². The first kappa shape index (κ1) is 18.4. The maximum absolute atomic E-state index is 11.9. The first-order chi connectivity index (χ1) is 12.0. The number of carbonyl (C=O) groups is 1. The first-order valence-corrected chi connectivity index (χ1v) is 10.2. The highest BCUT2D eigenvalue weighted by Gasteiger charge is 2.21. The van der Waals surface area contributed by atoms with Gasteiger partial charge in [0.2, 0.25) is 5.91 Å². The number of thiophene rings is 1. The summed E-state index contributed by atoms with van der Waals surface area (Å²) in [5.74, 6) is 1.45. The number of amides is 1. The second-order valence-electron chi connectivity index (χ2n) is 6.49. The van der Waals surface area contributed by atoms with Crippen LogP contribution >= 0.6 is 23.1 Å². The second-order valence-corrected chi connectivity index (χ2v) is 8.56. The summed E-state index contributed by atoms with van der Waals surface area (Å²) in [5, 5.41) is 11.5. The molecule has 0 aromatic carbocycles. The Morgan fingerprint density at radius 1 is 1.56 bits per heavy atom. The number of ether oxygens (including phenoxy) is 1. The molecule has 25 heavy (non-hydrogen) atoms. The Balaban J connectivity index is 1.57. The maximum Gasteiger partial charge on any atom is 0.277 e. The average molecular weight is 382 g/mol. The van der Waals surface area contributed by atoms with Crippen LogP contribution in [-0.2, 0) is 22.4 Å². The lowest BCUT2D eigenvalue weighted by Crippen LogP contribution is -2.36. The van der Waals surface area contributed by atoms with Crippen LogP contribution in [0.4, 0.5) is 0 Å². The predicted molar refractivity (Wildman–Crippen MR) is 99.0 cm³/mol. The Morgan fingerprint density at radius 2 is 2.40 bits per heavy atom. The van der Waals surface area contributed by atoms with E-state index in [9.17, 15) is 4.79 Å². The predicted octanol–water partition coefficient (Wildman–Crippen LogP) is 3.17. The van der Waals surface area contributed by atoms with Crippen molar-refractivity contribution in [2.24, 2.45) is 5.92 Å². The molecule has 1 amide bonds. The van der Waals surface area contributed by atoms with Crippen molar-refractivity contribution in [3.8, 4) is 10.8 Å². The molecule has 0 saturated heterocycles. The summed E-state index contributed by atoms with van der Waals surface area (Å²) < 4.78 is 10.7. The van der Waals surface area contributed by atoms with Crippen molar-refractivity contribution in [3.05, 3.63) is 16.5 Å². The molecule has 1 aliphatic rings. The van der Waals surface area contributed by atoms with Crippen LogP contribution in [0.1, 0.15) is 30.7 Å². The first-order valence-electron chi connectivity index (χ1n) is 8.41. The Morgan fingerprint density at radius 3 is 3.20 bits per heavy atom. The normalized spacial score (nSPS) is 18.0. The third-order valence-corrected chi connectivity index (χ3v) is 6.14. The zero-order valence-electron chi connectivity index (χ0n) is 14.7. The molecule has 0 saturated carbocycles. The molecule has 0 aliphatic heterocycles. The van der Waals surface area contributed by atoms with Crippen molar-refractivity contribution in [1.29, 1.82) is 0 Å². The summed E-state index contributed by atoms with van der Waals surface area (Å²) >= 11 is 2.99. The van der Waals surface area contributed by atoms with Gasteiger partial charge in [-0.2, -0.15) is 0 Å². The van der Waals surface area contributed by atoms with E-state index in [1.165, 1.54) is 28.6 Å². The highest BCUT2D eigenvalue weighted by molar-refractivity contribution is 7.99. The van der Waals surface area contributed by atoms with E-state index >= 15 is 0 Å². The minimum atomic E-state index is -0.0742. The molecule has 2 aromatic rings. The van der Waals surface area contributed by atoms with Crippen LogP contribution in [-0.4, -0.2) is 41.6 Å². The van der Waals surface area contributed by atoms with E-state index in [1.54, 1.807) is 18.4 Å². The number of fused-ring (bicyclic) bond motifs is 1. The van der Waals surface area contributed by atoms with Crippen LogP contribution in [0.3, 0.4) is 0 Å². The standard InChI is InChI=1S/C17H23N3O3S2/c1-10-4-5-13-12(6-10)7-14(25-13)16-19-20-17(23-16)24-9-15(21)18-11(2)8-22-3/h7,10-11H,4-6,8-9H2,1-3H3,(H,18,21)/t10-,11-/m0/s1. The molecule has 136 valence electrons. The zero-order valence-corrected chi connectivity index (χ0v) is 16.3. The molecule has 2 heterocycles. The van der Waals surface area contributed by atoms with E-state index in [2.05, 4.69) is 28.5 Å². The number of rotatable bonds is 7. The topological polar surface area (TPSA) is 77.2 Å². The summed E-state index contributed by atoms with van der Waals surface area (Å²) in [5.41, 5.74) is 1.41. The number of aromatic nitrogens is 2. The molecule has 8 heteroatoms. The van der Waals surface area contributed by atoms with Crippen LogP contribution in [0.2, 0.25) is 0 Å². The summed E-state index contributed by atoms with van der Waals surface area (Å²) in [7, 11) is 1.61. The number of nitrogens with one attached hydrogen (secondary N) is 1. The largest absolute Gasteiger partial charge is 0.410 e. The fourth-order valence-corrected chi connectivity index (χ4v) is 4.62. The molecule has 3 rings (SSSR count). The monoisotopic (exact) mass is 381 g/mol. The third-order valence-electron chi connectivity index (χ3n) is 4.10. The minimum Gasteiger partial charge on any atom is -0.410 e. The van der Waals surface area contributed by atoms with Gasteiger partial charge in [0, 0.05) is 18.0 Å². The molecule has 0 bridgehead atoms. The molecule has 0 fully saturated rings. The molecule has 6 nitrogen and oxygen atoms in total. The summed E-state index contributed by atoms with van der Waals surface area (Å²) in [4.78, 5) is 14.3. The SMILES string of the molecule is COC[C@H](C)NC(=O)CSc1nnc(-c2cc3c(s2)CC[C@H](C)C3)o1. The molecule has 0 radical (unpaired) electrons. The van der Waals surface area contributed by atoms with Crippen molar-refractivity contribution in [2.45, 2.75) is 44.4 Å². The molecule has 2 aromatic heterocycles. The number of nitrogens with zero attached hydrogens (tertiary/aromatic N) is 2. The van der Waals surface area contributed by atoms with Crippen LogP contribution < -0.4 is 5.32 Å². The van der Waals surface area contributed by atoms with Crippen LogP contribution in [0.5, 0.6) is 0 Å². The Labute approximate surface area is 155 Å². The van der Waals surface area contributed by atoms with Crippen LogP contribution in [0.25, 0.3) is 10.8 Å². The van der Waals surface area contributed by atoms with Gasteiger partial charge in [-0.15, -0.1) is 21.5 Å². The van der Waals surface area contributed by atoms with Crippen molar-refractivity contribution >= 4 is 29.0 Å². The molecule has 1 aliphatic carbocycles. The van der Waals surface area contributed by atoms with Gasteiger partial charge < -0.3 is 14.5 Å². The average Bonchev–Trinajstić information content (AvgIpc) is 3.19. The lowest BCUT2D eigenvalue weighted by Gasteiger charge is -2.16. The van der Waals surface area contributed by atoms with E-state index in [0.717, 1.165) is 23.6 Å². The second kappa shape index (κ2) is 8.33. The van der Waals surface area contributed by atoms with E-state index < -0.39 is 0 Å². The highest BCUT2D eigenvalue weighted by Crippen LogP contribution is 2.37. The number of carbonyl (C=O) groups excluding carboxylic acids is 1. The zero-order chi connectivity index (χ0) is 17.8. The van der Waals surface area contributed by atoms with Gasteiger partial charge in [0.25, 0.3) is 11.1 Å². The van der Waals surface area contributed by atoms with Gasteiger partial charge in [-0.3, -0.25) is 4.79 Å². The lowest BCUT2D eigenvalue weighted by atomic mass is 9.90. The third kappa shape index (κ3) is 4.83. The Bertz CT molecular complexity index is 729. The molecule has 0 unspecified atom stereocenters. The van der Waals surface area contributed by atoms with Crippen LogP contribution in [0.15, 0.2) is 15.7 Å². The van der Waals surface area contributed by atoms with Gasteiger partial charge in [0.05, 0.1) is 17.2 Å². The highest BCUT2D eigenvalue weighted by atomic mass is 32.2. The molecule has 0 spiro atoms. The van der Waals surface area contributed by atoms with E-state index in [-0.39, 0.29) is 17.7 Å². The van der Waals surface area contributed by atoms with Gasteiger partial charge in [0.15, 0.2) is 0 Å². The van der Waals surface area contributed by atoms with E-state index in [1.807, 2.05) is 6.92 Å². The van der Waals surface area contributed by atoms with Gasteiger partial charge in [-0.25, -0.2) is 0 Å². The summed E-state index contributed by atoms with van der Waals surface area (Å²) in [6.45, 7) is 4.68. The fourth-order valence-electron chi connectivity index (χ4n) is 2.91. The molecule has 1 N–H and O–H groups in total. The molecule has 2 atom stereocenters. The van der Waals surface area contributed by atoms with Crippen LogP contribution in [0, 0.1) is 5.92 Å². The number of aryl methyl sites for hydroxylation is 1. The van der Waals surface area contributed by atoms with Gasteiger partial charge in [0.1, 0.15) is 0 Å². The quantitative estimate of drug-likeness (QED) is 0.743. The van der Waals surface area contributed by atoms with Crippen molar-refractivity contribution < 1.29 is 13.9 Å². The number of methoxy groups -OCH3 is 1. The molecular weight excluding hydrogens is 358 g/mol. The van der Waals surface area contributed by atoms with Gasteiger partial charge in [-0.05, 0) is 43.7 Å². The summed E-state index contributed by atoms with van der Waals surface area (Å²) in [6.07, 6.45) is 3.51. The Kier molecular flexibility index (Phi) is 6.14.